The van der Waals surface area contributed by atoms with Gasteiger partial charge in [0.05, 0.1) is 24.1 Å². The fraction of sp³-hybridized carbons (Fsp3) is 0.0667. The van der Waals surface area contributed by atoms with E-state index in [-0.39, 0.29) is 22.7 Å². The van der Waals surface area contributed by atoms with Gasteiger partial charge in [-0.25, -0.2) is 4.98 Å². The Kier molecular flexibility index (Phi) is 2.98. The van der Waals surface area contributed by atoms with Gasteiger partial charge in [0.1, 0.15) is 11.4 Å². The summed E-state index contributed by atoms with van der Waals surface area (Å²) in [6, 6.07) is 8.53. The summed E-state index contributed by atoms with van der Waals surface area (Å²) in [5, 5.41) is 0. The molecule has 0 fully saturated rings. The molecule has 0 radical (unpaired) electrons. The number of ketones is 2. The minimum atomic E-state index is -0.498. The van der Waals surface area contributed by atoms with E-state index >= 15 is 0 Å². The summed E-state index contributed by atoms with van der Waals surface area (Å²) in [5.41, 5.74) is 6.77. The molecule has 0 aromatic carbocycles. The minimum Gasteiger partial charge on any atom is -0.491 e. The van der Waals surface area contributed by atoms with Gasteiger partial charge in [0.15, 0.2) is 5.76 Å². The summed E-state index contributed by atoms with van der Waals surface area (Å²) >= 11 is 0. The number of carbonyl (C=O) groups excluding carboxylic acids is 2. The van der Waals surface area contributed by atoms with Crippen molar-refractivity contribution in [1.29, 1.82) is 0 Å². The fourth-order valence-electron chi connectivity index (χ4n) is 2.15. The molecule has 1 aliphatic carbocycles. The molecule has 0 aliphatic heterocycles. The van der Waals surface area contributed by atoms with Crippen LogP contribution in [0.4, 0.5) is 0 Å². The molecule has 21 heavy (non-hydrogen) atoms. The highest BCUT2D eigenvalue weighted by atomic mass is 16.5. The maximum atomic E-state index is 12.3. The van der Waals surface area contributed by atoms with Crippen LogP contribution in [0.1, 0.15) is 20.8 Å². The zero-order chi connectivity index (χ0) is 15.0. The summed E-state index contributed by atoms with van der Waals surface area (Å²) < 4.78 is 4.92. The van der Waals surface area contributed by atoms with E-state index in [4.69, 9.17) is 10.5 Å². The normalized spacial score (nSPS) is 14.1. The Morgan fingerprint density at radius 1 is 1.05 bits per heavy atom. The Bertz CT molecular complexity index is 782. The first-order valence-corrected chi connectivity index (χ1v) is 6.19. The molecular weight excluding hydrogens is 270 g/mol. The minimum absolute atomic E-state index is 0.0363. The first-order chi connectivity index (χ1) is 10.1. The number of allylic oxidation sites excluding steroid dienone is 2. The number of fused-ring (bicyclic) bond motifs is 1. The van der Waals surface area contributed by atoms with Crippen LogP contribution in [-0.2, 0) is 4.74 Å². The van der Waals surface area contributed by atoms with Crippen LogP contribution < -0.4 is 5.73 Å². The number of nitrogens with two attached hydrogens (primary N) is 1. The number of Topliss-reactive ketones (excluding diaryl/α,β-unsaturated/α-hetero) is 2. The molecule has 2 N–H and O–H groups in total. The van der Waals surface area contributed by atoms with Crippen molar-refractivity contribution in [2.24, 2.45) is 5.73 Å². The molecule has 2 aromatic rings. The third-order valence-electron chi connectivity index (χ3n) is 3.18. The number of rotatable bonds is 2. The van der Waals surface area contributed by atoms with Gasteiger partial charge in [0.2, 0.25) is 11.6 Å². The summed E-state index contributed by atoms with van der Waals surface area (Å²) in [6.07, 6.45) is 1.63. The van der Waals surface area contributed by atoms with Crippen molar-refractivity contribution in [3.63, 3.8) is 0 Å². The molecular formula is C15H11N3O3. The number of nitrogens with zero attached hydrogens (tertiary/aromatic N) is 2. The second-order valence-corrected chi connectivity index (χ2v) is 4.41. The first-order valence-electron chi connectivity index (χ1n) is 6.19. The Morgan fingerprint density at radius 3 is 2.52 bits per heavy atom. The van der Waals surface area contributed by atoms with E-state index in [0.29, 0.717) is 11.4 Å². The second kappa shape index (κ2) is 4.82. The fourth-order valence-corrected chi connectivity index (χ4v) is 2.15. The van der Waals surface area contributed by atoms with Crippen molar-refractivity contribution in [3.05, 3.63) is 59.2 Å². The molecule has 0 bridgehead atoms. The average Bonchev–Trinajstić information content (AvgIpc) is 2.54. The van der Waals surface area contributed by atoms with Gasteiger partial charge in [-0.1, -0.05) is 6.07 Å². The molecule has 6 nitrogen and oxygen atoms in total. The van der Waals surface area contributed by atoms with E-state index in [1.165, 1.54) is 13.2 Å². The number of aromatic nitrogens is 2. The van der Waals surface area contributed by atoms with E-state index < -0.39 is 11.6 Å². The van der Waals surface area contributed by atoms with Gasteiger partial charge in [-0.15, -0.1) is 0 Å². The van der Waals surface area contributed by atoms with Crippen LogP contribution in [0.2, 0.25) is 0 Å². The molecule has 104 valence electrons. The third-order valence-corrected chi connectivity index (χ3v) is 3.18. The zero-order valence-corrected chi connectivity index (χ0v) is 11.2. The van der Waals surface area contributed by atoms with E-state index in [9.17, 15) is 9.59 Å². The zero-order valence-electron chi connectivity index (χ0n) is 11.2. The van der Waals surface area contributed by atoms with Crippen molar-refractivity contribution < 1.29 is 14.3 Å². The molecule has 1 aliphatic rings. The second-order valence-electron chi connectivity index (χ2n) is 4.41. The van der Waals surface area contributed by atoms with E-state index in [1.807, 2.05) is 6.07 Å². The van der Waals surface area contributed by atoms with Crippen LogP contribution in [0.5, 0.6) is 0 Å². The highest BCUT2D eigenvalue weighted by Crippen LogP contribution is 2.25. The molecule has 2 aromatic heterocycles. The number of carbonyl (C=O) groups is 2. The number of hydrogen-bond donors (Lipinski definition) is 1. The third kappa shape index (κ3) is 1.97. The van der Waals surface area contributed by atoms with E-state index in [0.717, 1.165) is 0 Å². The first kappa shape index (κ1) is 13.0. The number of hydrogen-bond acceptors (Lipinski definition) is 6. The number of pyridine rings is 2. The molecule has 6 heteroatoms. The predicted octanol–water partition coefficient (Wildman–Crippen LogP) is 1.34. The molecule has 0 saturated heterocycles. The molecule has 0 saturated carbocycles. The molecule has 2 heterocycles. The maximum Gasteiger partial charge on any atom is 0.248 e. The maximum absolute atomic E-state index is 12.3. The van der Waals surface area contributed by atoms with Crippen molar-refractivity contribution in [3.8, 4) is 11.4 Å². The standard InChI is InChI=1S/C15H11N3O3/c1-21-15-11(16)13(19)8-5-6-10(18-12(8)14(15)20)9-4-2-3-7-17-9/h2-7H,16H2,1H3. The lowest BCUT2D eigenvalue weighted by Crippen LogP contribution is -2.28. The monoisotopic (exact) mass is 281 g/mol. The molecule has 0 spiro atoms. The van der Waals surface area contributed by atoms with Crippen LogP contribution in [0.15, 0.2) is 48.0 Å². The van der Waals surface area contributed by atoms with E-state index in [1.54, 1.807) is 24.4 Å². The Morgan fingerprint density at radius 2 is 1.86 bits per heavy atom. The van der Waals surface area contributed by atoms with Crippen LogP contribution in [-0.4, -0.2) is 28.6 Å². The van der Waals surface area contributed by atoms with Crippen LogP contribution in [0.3, 0.4) is 0 Å². The van der Waals surface area contributed by atoms with Gasteiger partial charge in [-0.2, -0.15) is 0 Å². The Balaban J connectivity index is 2.16. The summed E-state index contributed by atoms with van der Waals surface area (Å²) in [6.45, 7) is 0. The number of methoxy groups -OCH3 is 1. The van der Waals surface area contributed by atoms with Gasteiger partial charge in [0, 0.05) is 6.20 Å². The van der Waals surface area contributed by atoms with Gasteiger partial charge >= 0.3 is 0 Å². The lowest BCUT2D eigenvalue weighted by atomic mass is 9.95. The molecule has 0 atom stereocenters. The van der Waals surface area contributed by atoms with Crippen LogP contribution in [0, 0.1) is 0 Å². The van der Waals surface area contributed by atoms with Gasteiger partial charge in [0.25, 0.3) is 0 Å². The smallest absolute Gasteiger partial charge is 0.248 e. The lowest BCUT2D eigenvalue weighted by Gasteiger charge is -2.17. The van der Waals surface area contributed by atoms with Crippen molar-refractivity contribution in [1.82, 2.24) is 9.97 Å². The number of ether oxygens (including phenoxy) is 1. The molecule has 0 unspecified atom stereocenters. The van der Waals surface area contributed by atoms with Gasteiger partial charge in [-0.3, -0.25) is 14.6 Å². The highest BCUT2D eigenvalue weighted by Gasteiger charge is 2.33. The summed E-state index contributed by atoms with van der Waals surface area (Å²) in [5.74, 6) is -1.12. The largest absolute Gasteiger partial charge is 0.491 e. The topological polar surface area (TPSA) is 95.2 Å². The van der Waals surface area contributed by atoms with Crippen LogP contribution in [0.25, 0.3) is 11.4 Å². The Hall–Kier alpha value is -3.02. The Labute approximate surface area is 120 Å². The van der Waals surface area contributed by atoms with Gasteiger partial charge < -0.3 is 10.5 Å². The van der Waals surface area contributed by atoms with Gasteiger partial charge in [-0.05, 0) is 24.3 Å². The lowest BCUT2D eigenvalue weighted by molar-refractivity contribution is 0.0900. The molecule has 0 amide bonds. The highest BCUT2D eigenvalue weighted by molar-refractivity contribution is 6.25. The summed E-state index contributed by atoms with van der Waals surface area (Å²) in [7, 11) is 1.29. The van der Waals surface area contributed by atoms with E-state index in [2.05, 4.69) is 9.97 Å². The molecule has 3 rings (SSSR count). The van der Waals surface area contributed by atoms with Crippen molar-refractivity contribution in [2.75, 3.05) is 7.11 Å². The van der Waals surface area contributed by atoms with Crippen molar-refractivity contribution in [2.45, 2.75) is 0 Å². The quantitative estimate of drug-likeness (QED) is 0.892. The summed E-state index contributed by atoms with van der Waals surface area (Å²) in [4.78, 5) is 32.8. The van der Waals surface area contributed by atoms with Crippen LogP contribution >= 0.6 is 0 Å². The SMILES string of the molecule is COC1=C(N)C(=O)c2ccc(-c3ccccn3)nc2C1=O. The predicted molar refractivity (Wildman–Crippen MR) is 74.4 cm³/mol. The average molecular weight is 281 g/mol. The van der Waals surface area contributed by atoms with Crippen molar-refractivity contribution >= 4 is 11.6 Å².